The lowest BCUT2D eigenvalue weighted by Gasteiger charge is -2.07. The number of fused-ring (bicyclic) bond motifs is 1. The summed E-state index contributed by atoms with van der Waals surface area (Å²) in [5, 5.41) is 0.226. The quantitative estimate of drug-likeness (QED) is 0.521. The first-order valence-electron chi connectivity index (χ1n) is 5.78. The fraction of sp³-hybridized carbons (Fsp3) is 0. The van der Waals surface area contributed by atoms with Gasteiger partial charge in [-0.25, -0.2) is 13.8 Å². The largest absolute Gasteiger partial charge is 0.427 e. The molecule has 0 saturated heterocycles. The van der Waals surface area contributed by atoms with Gasteiger partial charge in [-0.3, -0.25) is 4.79 Å². The molecule has 106 valence electrons. The predicted molar refractivity (Wildman–Crippen MR) is 88.5 cm³/mol. The average Bonchev–Trinajstić information content (AvgIpc) is 2.42. The first-order valence-corrected chi connectivity index (χ1v) is 7.65. The molecule has 3 aromatic rings. The van der Waals surface area contributed by atoms with Crippen molar-refractivity contribution < 1.29 is 8.81 Å². The first kappa shape index (κ1) is 14.5. The number of benzene rings is 2. The lowest BCUT2D eigenvalue weighted by molar-refractivity contribution is 0.496. The second-order valence-electron chi connectivity index (χ2n) is 4.24. The van der Waals surface area contributed by atoms with E-state index in [2.05, 4.69) is 15.9 Å². The molecule has 1 heterocycles. The maximum atomic E-state index is 14.0. The molecule has 0 radical (unpaired) electrons. The summed E-state index contributed by atoms with van der Waals surface area (Å²) in [7, 11) is 0. The van der Waals surface area contributed by atoms with Gasteiger partial charge in [-0.2, -0.15) is 0 Å². The van der Waals surface area contributed by atoms with Crippen molar-refractivity contribution in [1.82, 2.24) is 4.57 Å². The molecule has 7 heteroatoms. The molecule has 0 fully saturated rings. The van der Waals surface area contributed by atoms with E-state index in [0.717, 1.165) is 3.57 Å². The molecule has 0 aliphatic rings. The van der Waals surface area contributed by atoms with Crippen molar-refractivity contribution in [2.24, 2.45) is 0 Å². The summed E-state index contributed by atoms with van der Waals surface area (Å²) >= 11 is 5.17. The van der Waals surface area contributed by atoms with Gasteiger partial charge in [-0.1, -0.05) is 15.9 Å². The molecule has 0 bridgehead atoms. The van der Waals surface area contributed by atoms with Crippen LogP contribution in [-0.4, -0.2) is 4.57 Å². The third kappa shape index (κ3) is 2.55. The Hall–Kier alpha value is -1.48. The van der Waals surface area contributed by atoms with Gasteiger partial charge in [-0.15, -0.1) is 0 Å². The van der Waals surface area contributed by atoms with E-state index in [0.29, 0.717) is 9.04 Å². The highest BCUT2D eigenvalue weighted by Gasteiger charge is 2.15. The zero-order chi connectivity index (χ0) is 15.1. The minimum Gasteiger partial charge on any atom is -0.409 e. The second-order valence-corrected chi connectivity index (χ2v) is 6.41. The lowest BCUT2D eigenvalue weighted by atomic mass is 10.2. The van der Waals surface area contributed by atoms with E-state index in [4.69, 9.17) is 4.42 Å². The number of nitrogens with zero attached hydrogens (tertiary/aromatic N) is 1. The Morgan fingerprint density at radius 2 is 1.90 bits per heavy atom. The van der Waals surface area contributed by atoms with Gasteiger partial charge < -0.3 is 4.42 Å². The van der Waals surface area contributed by atoms with E-state index in [9.17, 15) is 14.0 Å². The zero-order valence-electron chi connectivity index (χ0n) is 10.3. The number of rotatable bonds is 1. The summed E-state index contributed by atoms with van der Waals surface area (Å²) in [4.78, 5) is 24.5. The summed E-state index contributed by atoms with van der Waals surface area (Å²) in [6, 6.07) is 8.92. The van der Waals surface area contributed by atoms with E-state index < -0.39 is 17.1 Å². The van der Waals surface area contributed by atoms with Crippen molar-refractivity contribution in [3.8, 4) is 5.69 Å². The van der Waals surface area contributed by atoms with Crippen LogP contribution in [0.4, 0.5) is 4.39 Å². The minimum atomic E-state index is -0.921. The van der Waals surface area contributed by atoms with Gasteiger partial charge in [-0.05, 0) is 59.0 Å². The van der Waals surface area contributed by atoms with Gasteiger partial charge >= 0.3 is 5.76 Å². The van der Waals surface area contributed by atoms with Crippen molar-refractivity contribution in [2.45, 2.75) is 0 Å². The highest BCUT2D eigenvalue weighted by atomic mass is 127. The maximum Gasteiger partial charge on any atom is 0.427 e. The molecule has 0 N–H and O–H groups in total. The van der Waals surface area contributed by atoms with Gasteiger partial charge in [0.25, 0.3) is 5.56 Å². The molecule has 0 amide bonds. The molecule has 21 heavy (non-hydrogen) atoms. The van der Waals surface area contributed by atoms with Crippen molar-refractivity contribution in [2.75, 3.05) is 0 Å². The molecule has 1 aromatic heterocycles. The van der Waals surface area contributed by atoms with Crippen LogP contribution < -0.4 is 11.3 Å². The van der Waals surface area contributed by atoms with Crippen LogP contribution in [0.5, 0.6) is 0 Å². The summed E-state index contributed by atoms with van der Waals surface area (Å²) < 4.78 is 21.1. The van der Waals surface area contributed by atoms with E-state index in [1.54, 1.807) is 24.3 Å². The Bertz CT molecular complexity index is 980. The standard InChI is InChI=1S/C14H6BrFINO3/c15-7-1-3-11(10(16)5-7)18-13(19)9-6-8(17)2-4-12(9)21-14(18)20/h1-6H. The zero-order valence-corrected chi connectivity index (χ0v) is 14.0. The van der Waals surface area contributed by atoms with Crippen LogP contribution in [0.15, 0.2) is 54.9 Å². The third-order valence-corrected chi connectivity index (χ3v) is 4.07. The monoisotopic (exact) mass is 461 g/mol. The normalized spacial score (nSPS) is 11.0. The third-order valence-electron chi connectivity index (χ3n) is 2.91. The van der Waals surface area contributed by atoms with Crippen molar-refractivity contribution in [1.29, 1.82) is 0 Å². The molecule has 0 atom stereocenters. The second kappa shape index (κ2) is 5.38. The van der Waals surface area contributed by atoms with Crippen LogP contribution in [0.25, 0.3) is 16.7 Å². The summed E-state index contributed by atoms with van der Waals surface area (Å²) in [5.74, 6) is -1.61. The topological polar surface area (TPSA) is 52.2 Å². The minimum absolute atomic E-state index is 0.141. The van der Waals surface area contributed by atoms with Crippen LogP contribution in [0.1, 0.15) is 0 Å². The maximum absolute atomic E-state index is 14.0. The highest BCUT2D eigenvalue weighted by molar-refractivity contribution is 14.1. The number of aromatic nitrogens is 1. The molecule has 4 nitrogen and oxygen atoms in total. The van der Waals surface area contributed by atoms with Gasteiger partial charge in [0.2, 0.25) is 0 Å². The van der Waals surface area contributed by atoms with Gasteiger partial charge in [0.05, 0.1) is 11.1 Å². The van der Waals surface area contributed by atoms with Crippen LogP contribution in [0.2, 0.25) is 0 Å². The first-order chi connectivity index (χ1) is 9.97. The molecule has 3 rings (SSSR count). The van der Waals surface area contributed by atoms with E-state index in [1.165, 1.54) is 12.1 Å². The fourth-order valence-corrected chi connectivity index (χ4v) is 2.80. The average molecular weight is 462 g/mol. The van der Waals surface area contributed by atoms with Crippen molar-refractivity contribution in [3.05, 3.63) is 71.2 Å². The summed E-state index contributed by atoms with van der Waals surface area (Å²) in [6.45, 7) is 0. The Kier molecular flexibility index (Phi) is 3.70. The van der Waals surface area contributed by atoms with Crippen molar-refractivity contribution >= 4 is 49.5 Å². The van der Waals surface area contributed by atoms with Crippen LogP contribution in [0.3, 0.4) is 0 Å². The molecular weight excluding hydrogens is 456 g/mol. The van der Waals surface area contributed by atoms with Crippen LogP contribution in [-0.2, 0) is 0 Å². The molecule has 0 aliphatic heterocycles. The van der Waals surface area contributed by atoms with Crippen LogP contribution in [0, 0.1) is 9.39 Å². The highest BCUT2D eigenvalue weighted by Crippen LogP contribution is 2.18. The van der Waals surface area contributed by atoms with Gasteiger partial charge in [0, 0.05) is 8.04 Å². The van der Waals surface area contributed by atoms with Gasteiger partial charge in [0.15, 0.2) is 0 Å². The van der Waals surface area contributed by atoms with Gasteiger partial charge in [0.1, 0.15) is 11.4 Å². The summed E-state index contributed by atoms with van der Waals surface area (Å²) in [5.41, 5.74) is -0.571. The SMILES string of the molecule is O=c1oc2ccc(I)cc2c(=O)n1-c1ccc(Br)cc1F. The Morgan fingerprint density at radius 3 is 2.62 bits per heavy atom. The Balaban J connectivity index is 2.43. The predicted octanol–water partition coefficient (Wildman–Crippen LogP) is 3.45. The molecule has 0 aliphatic carbocycles. The fourth-order valence-electron chi connectivity index (χ4n) is 1.97. The number of halogens is 3. The van der Waals surface area contributed by atoms with E-state index in [1.807, 2.05) is 22.6 Å². The van der Waals surface area contributed by atoms with Crippen molar-refractivity contribution in [3.63, 3.8) is 0 Å². The van der Waals surface area contributed by atoms with Crippen LogP contribution >= 0.6 is 38.5 Å². The van der Waals surface area contributed by atoms with E-state index in [-0.39, 0.29) is 16.7 Å². The molecule has 0 spiro atoms. The summed E-state index contributed by atoms with van der Waals surface area (Å²) in [6.07, 6.45) is 0. The number of hydrogen-bond donors (Lipinski definition) is 0. The Labute approximate surface area is 139 Å². The Morgan fingerprint density at radius 1 is 1.14 bits per heavy atom. The molecule has 0 saturated carbocycles. The molecule has 2 aromatic carbocycles. The lowest BCUT2D eigenvalue weighted by Crippen LogP contribution is -2.31. The molecule has 0 unspecified atom stereocenters. The van der Waals surface area contributed by atoms with E-state index >= 15 is 0 Å². The smallest absolute Gasteiger partial charge is 0.409 e. The number of hydrogen-bond acceptors (Lipinski definition) is 3. The molecular formula is C14H6BrFINO3.